The number of likely N-dealkylation sites (N-methyl/N-ethyl adjacent to an activating group) is 1. The Morgan fingerprint density at radius 1 is 1.31 bits per heavy atom. The molecular formula is C13H28N2O. The van der Waals surface area contributed by atoms with E-state index >= 15 is 0 Å². The molecule has 1 rings (SSSR count). The maximum Gasteiger partial charge on any atom is 0.0616 e. The lowest BCUT2D eigenvalue weighted by atomic mass is 9.70. The van der Waals surface area contributed by atoms with Crippen molar-refractivity contribution in [3.63, 3.8) is 0 Å². The summed E-state index contributed by atoms with van der Waals surface area (Å²) in [6.45, 7) is 6.83. The van der Waals surface area contributed by atoms with E-state index in [-0.39, 0.29) is 12.1 Å². The van der Waals surface area contributed by atoms with E-state index in [0.29, 0.717) is 5.92 Å². The monoisotopic (exact) mass is 228 g/mol. The van der Waals surface area contributed by atoms with Gasteiger partial charge in [0.2, 0.25) is 0 Å². The maximum atomic E-state index is 9.72. The summed E-state index contributed by atoms with van der Waals surface area (Å²) in [7, 11) is 4.17. The van der Waals surface area contributed by atoms with Crippen LogP contribution in [0.2, 0.25) is 0 Å². The van der Waals surface area contributed by atoms with Crippen LogP contribution in [0.25, 0.3) is 0 Å². The predicted octanol–water partition coefficient (Wildman–Crippen LogP) is 1.32. The first-order valence-electron chi connectivity index (χ1n) is 6.51. The summed E-state index contributed by atoms with van der Waals surface area (Å²) >= 11 is 0. The van der Waals surface area contributed by atoms with Crippen molar-refractivity contribution in [2.24, 2.45) is 11.8 Å². The van der Waals surface area contributed by atoms with Crippen molar-refractivity contribution in [2.75, 3.05) is 33.8 Å². The van der Waals surface area contributed by atoms with Crippen molar-refractivity contribution in [2.45, 2.75) is 38.6 Å². The van der Waals surface area contributed by atoms with Gasteiger partial charge in [-0.1, -0.05) is 20.3 Å². The summed E-state index contributed by atoms with van der Waals surface area (Å²) < 4.78 is 0. The van der Waals surface area contributed by atoms with Crippen LogP contribution in [0, 0.1) is 11.8 Å². The van der Waals surface area contributed by atoms with Crippen LogP contribution in [0.3, 0.4) is 0 Å². The normalized spacial score (nSPS) is 35.6. The van der Waals surface area contributed by atoms with Gasteiger partial charge in [0, 0.05) is 18.6 Å². The first-order chi connectivity index (χ1) is 7.50. The Kier molecular flexibility index (Phi) is 5.22. The first kappa shape index (κ1) is 13.9. The van der Waals surface area contributed by atoms with Gasteiger partial charge in [-0.15, -0.1) is 0 Å². The Morgan fingerprint density at radius 2 is 2.00 bits per heavy atom. The standard InChI is InChI=1S/C13H28N2O/c1-11-5-6-12(2)13(9-11,10-16)14-7-8-15(3)4/h11-12,14,16H,5-10H2,1-4H3. The summed E-state index contributed by atoms with van der Waals surface area (Å²) in [6, 6.07) is 0. The van der Waals surface area contributed by atoms with E-state index in [9.17, 15) is 5.11 Å². The van der Waals surface area contributed by atoms with Crippen molar-refractivity contribution in [1.29, 1.82) is 0 Å². The second-order valence-corrected chi connectivity index (χ2v) is 5.83. The van der Waals surface area contributed by atoms with Gasteiger partial charge in [-0.2, -0.15) is 0 Å². The molecule has 0 heterocycles. The van der Waals surface area contributed by atoms with E-state index in [4.69, 9.17) is 0 Å². The van der Waals surface area contributed by atoms with Crippen LogP contribution in [0.1, 0.15) is 33.1 Å². The summed E-state index contributed by atoms with van der Waals surface area (Å²) in [4.78, 5) is 2.18. The fourth-order valence-electron chi connectivity index (χ4n) is 2.79. The summed E-state index contributed by atoms with van der Waals surface area (Å²) in [5, 5.41) is 13.3. The summed E-state index contributed by atoms with van der Waals surface area (Å²) in [5.74, 6) is 1.31. The van der Waals surface area contributed by atoms with Gasteiger partial charge in [0.15, 0.2) is 0 Å². The van der Waals surface area contributed by atoms with Gasteiger partial charge >= 0.3 is 0 Å². The molecule has 0 aromatic rings. The van der Waals surface area contributed by atoms with Crippen molar-refractivity contribution in [3.8, 4) is 0 Å². The molecule has 0 spiro atoms. The predicted molar refractivity (Wildman–Crippen MR) is 68.6 cm³/mol. The summed E-state index contributed by atoms with van der Waals surface area (Å²) in [6.07, 6.45) is 3.65. The van der Waals surface area contributed by atoms with Crippen molar-refractivity contribution in [3.05, 3.63) is 0 Å². The van der Waals surface area contributed by atoms with Crippen LogP contribution in [0.5, 0.6) is 0 Å². The molecule has 0 aromatic heterocycles. The third-order valence-electron chi connectivity index (χ3n) is 4.07. The van der Waals surface area contributed by atoms with E-state index in [1.165, 1.54) is 12.8 Å². The van der Waals surface area contributed by atoms with Crippen molar-refractivity contribution < 1.29 is 5.11 Å². The zero-order chi connectivity index (χ0) is 12.2. The molecule has 0 saturated heterocycles. The van der Waals surface area contributed by atoms with Crippen molar-refractivity contribution >= 4 is 0 Å². The van der Waals surface area contributed by atoms with Gasteiger partial charge in [-0.25, -0.2) is 0 Å². The van der Waals surface area contributed by atoms with E-state index in [1.54, 1.807) is 0 Å². The van der Waals surface area contributed by atoms with E-state index in [1.807, 2.05) is 0 Å². The highest BCUT2D eigenvalue weighted by atomic mass is 16.3. The van der Waals surface area contributed by atoms with E-state index in [0.717, 1.165) is 25.4 Å². The van der Waals surface area contributed by atoms with Gasteiger partial charge < -0.3 is 15.3 Å². The van der Waals surface area contributed by atoms with Crippen LogP contribution < -0.4 is 5.32 Å². The minimum atomic E-state index is -0.0341. The Bertz CT molecular complexity index is 208. The highest BCUT2D eigenvalue weighted by Gasteiger charge is 2.39. The smallest absolute Gasteiger partial charge is 0.0616 e. The zero-order valence-electron chi connectivity index (χ0n) is 11.3. The number of aliphatic hydroxyl groups excluding tert-OH is 1. The van der Waals surface area contributed by atoms with Crippen LogP contribution in [-0.4, -0.2) is 49.3 Å². The number of hydrogen-bond acceptors (Lipinski definition) is 3. The average Bonchev–Trinajstić information content (AvgIpc) is 2.22. The van der Waals surface area contributed by atoms with Crippen LogP contribution in [0.15, 0.2) is 0 Å². The fraction of sp³-hybridized carbons (Fsp3) is 1.00. The number of hydrogen-bond donors (Lipinski definition) is 2. The lowest BCUT2D eigenvalue weighted by Gasteiger charge is -2.45. The Morgan fingerprint density at radius 3 is 2.56 bits per heavy atom. The molecule has 2 N–H and O–H groups in total. The molecule has 3 unspecified atom stereocenters. The fourth-order valence-corrected chi connectivity index (χ4v) is 2.79. The maximum absolute atomic E-state index is 9.72. The molecule has 0 radical (unpaired) electrons. The lowest BCUT2D eigenvalue weighted by Crippen LogP contribution is -2.57. The molecule has 0 bridgehead atoms. The van der Waals surface area contributed by atoms with Gasteiger partial charge in [-0.3, -0.25) is 0 Å². The van der Waals surface area contributed by atoms with Crippen LogP contribution >= 0.6 is 0 Å². The molecule has 3 heteroatoms. The second-order valence-electron chi connectivity index (χ2n) is 5.83. The first-order valence-corrected chi connectivity index (χ1v) is 6.51. The molecule has 1 aliphatic rings. The van der Waals surface area contributed by atoms with Crippen LogP contribution in [-0.2, 0) is 0 Å². The third kappa shape index (κ3) is 3.44. The van der Waals surface area contributed by atoms with E-state index in [2.05, 4.69) is 38.2 Å². The SMILES string of the molecule is CC1CCC(C)C(CO)(NCCN(C)C)C1. The molecule has 3 atom stereocenters. The number of nitrogens with zero attached hydrogens (tertiary/aromatic N) is 1. The minimum Gasteiger partial charge on any atom is -0.394 e. The molecule has 1 fully saturated rings. The van der Waals surface area contributed by atoms with E-state index < -0.39 is 0 Å². The topological polar surface area (TPSA) is 35.5 Å². The van der Waals surface area contributed by atoms with Gasteiger partial charge in [0.05, 0.1) is 6.61 Å². The summed E-state index contributed by atoms with van der Waals surface area (Å²) in [5.41, 5.74) is -0.0341. The highest BCUT2D eigenvalue weighted by Crippen LogP contribution is 2.36. The lowest BCUT2D eigenvalue weighted by molar-refractivity contribution is 0.0529. The largest absolute Gasteiger partial charge is 0.394 e. The molecule has 1 aliphatic carbocycles. The number of aliphatic hydroxyl groups is 1. The number of nitrogens with one attached hydrogen (secondary N) is 1. The molecule has 0 amide bonds. The Balaban J connectivity index is 2.52. The highest BCUT2D eigenvalue weighted by molar-refractivity contribution is 4.96. The Hall–Kier alpha value is -0.120. The molecule has 3 nitrogen and oxygen atoms in total. The third-order valence-corrected chi connectivity index (χ3v) is 4.07. The van der Waals surface area contributed by atoms with Crippen molar-refractivity contribution in [1.82, 2.24) is 10.2 Å². The average molecular weight is 228 g/mol. The van der Waals surface area contributed by atoms with Crippen LogP contribution in [0.4, 0.5) is 0 Å². The Labute approximate surface area is 100 Å². The zero-order valence-corrected chi connectivity index (χ0v) is 11.3. The molecule has 16 heavy (non-hydrogen) atoms. The molecular weight excluding hydrogens is 200 g/mol. The van der Waals surface area contributed by atoms with Gasteiger partial charge in [0.25, 0.3) is 0 Å². The quantitative estimate of drug-likeness (QED) is 0.745. The van der Waals surface area contributed by atoms with Gasteiger partial charge in [0.1, 0.15) is 0 Å². The second kappa shape index (κ2) is 5.99. The van der Waals surface area contributed by atoms with Gasteiger partial charge in [-0.05, 0) is 38.8 Å². The molecule has 0 aliphatic heterocycles. The molecule has 96 valence electrons. The molecule has 0 aromatic carbocycles. The number of rotatable bonds is 5. The molecule has 1 saturated carbocycles. The minimum absolute atomic E-state index is 0.0341.